The van der Waals surface area contributed by atoms with Crippen LogP contribution < -0.4 is 4.74 Å². The molecule has 1 aromatic heterocycles. The first-order chi connectivity index (χ1) is 7.79. The zero-order chi connectivity index (χ0) is 11.4. The van der Waals surface area contributed by atoms with Gasteiger partial charge in [-0.3, -0.25) is 4.98 Å². The van der Waals surface area contributed by atoms with Gasteiger partial charge in [-0.05, 0) is 34.1 Å². The summed E-state index contributed by atoms with van der Waals surface area (Å²) in [6, 6.07) is 7.89. The average molecular weight is 282 g/mol. The summed E-state index contributed by atoms with van der Waals surface area (Å²) < 4.78 is 11.4. The summed E-state index contributed by atoms with van der Waals surface area (Å²) in [7, 11) is 1.66. The van der Waals surface area contributed by atoms with E-state index in [1.807, 2.05) is 24.3 Å². The quantitative estimate of drug-likeness (QED) is 0.808. The fraction of sp³-hybridized carbons (Fsp3) is 0.250. The van der Waals surface area contributed by atoms with Crippen LogP contribution in [-0.4, -0.2) is 25.3 Å². The molecule has 4 heteroatoms. The lowest BCUT2D eigenvalue weighted by Gasteiger charge is -2.06. The fourth-order valence-electron chi connectivity index (χ4n) is 1.41. The molecule has 0 aliphatic carbocycles. The van der Waals surface area contributed by atoms with E-state index in [0.717, 1.165) is 21.1 Å². The van der Waals surface area contributed by atoms with Crippen molar-refractivity contribution in [3.05, 3.63) is 34.9 Å². The molecule has 0 N–H and O–H groups in total. The number of benzene rings is 1. The third-order valence-electron chi connectivity index (χ3n) is 2.18. The average Bonchev–Trinajstić information content (AvgIpc) is 2.29. The lowest BCUT2D eigenvalue weighted by atomic mass is 10.2. The first-order valence-corrected chi connectivity index (χ1v) is 5.76. The maximum absolute atomic E-state index is 5.51. The highest BCUT2D eigenvalue weighted by atomic mass is 79.9. The van der Waals surface area contributed by atoms with Crippen molar-refractivity contribution in [1.82, 2.24) is 4.98 Å². The molecule has 0 aliphatic rings. The second kappa shape index (κ2) is 5.27. The third kappa shape index (κ3) is 2.71. The van der Waals surface area contributed by atoms with Gasteiger partial charge in [0.1, 0.15) is 12.4 Å². The maximum Gasteiger partial charge on any atom is 0.121 e. The van der Waals surface area contributed by atoms with Gasteiger partial charge >= 0.3 is 0 Å². The first-order valence-electron chi connectivity index (χ1n) is 4.96. The van der Waals surface area contributed by atoms with Gasteiger partial charge in [0, 0.05) is 29.2 Å². The Balaban J connectivity index is 2.20. The highest BCUT2D eigenvalue weighted by Crippen LogP contribution is 2.21. The molecule has 0 spiro atoms. The Kier molecular flexibility index (Phi) is 3.74. The first kappa shape index (κ1) is 11.4. The van der Waals surface area contributed by atoms with Crippen LogP contribution in [0.3, 0.4) is 0 Å². The molecule has 0 radical (unpaired) electrons. The van der Waals surface area contributed by atoms with Crippen LogP contribution in [0.1, 0.15) is 0 Å². The summed E-state index contributed by atoms with van der Waals surface area (Å²) in [5, 5.41) is 1.09. The van der Waals surface area contributed by atoms with Gasteiger partial charge < -0.3 is 9.47 Å². The molecule has 0 fully saturated rings. The van der Waals surface area contributed by atoms with Crippen LogP contribution >= 0.6 is 15.9 Å². The second-order valence-corrected chi connectivity index (χ2v) is 4.26. The van der Waals surface area contributed by atoms with Crippen LogP contribution in [0.4, 0.5) is 0 Å². The molecule has 0 atom stereocenters. The molecular weight excluding hydrogens is 270 g/mol. The molecule has 1 aromatic carbocycles. The fourth-order valence-corrected chi connectivity index (χ4v) is 1.76. The van der Waals surface area contributed by atoms with Gasteiger partial charge in [0.05, 0.1) is 12.1 Å². The minimum Gasteiger partial charge on any atom is -0.491 e. The van der Waals surface area contributed by atoms with Crippen LogP contribution in [0, 0.1) is 0 Å². The van der Waals surface area contributed by atoms with Gasteiger partial charge in [-0.2, -0.15) is 0 Å². The Bertz CT molecular complexity index is 487. The Morgan fingerprint density at radius 2 is 2.12 bits per heavy atom. The third-order valence-corrected chi connectivity index (χ3v) is 2.61. The van der Waals surface area contributed by atoms with E-state index in [1.54, 1.807) is 13.3 Å². The highest BCUT2D eigenvalue weighted by Gasteiger charge is 1.99. The number of hydrogen-bond acceptors (Lipinski definition) is 3. The van der Waals surface area contributed by atoms with E-state index in [2.05, 4.69) is 20.9 Å². The number of hydrogen-bond donors (Lipinski definition) is 0. The normalized spacial score (nSPS) is 10.6. The number of methoxy groups -OCH3 is 1. The predicted octanol–water partition coefficient (Wildman–Crippen LogP) is 3.02. The topological polar surface area (TPSA) is 31.4 Å². The molecule has 0 saturated heterocycles. The van der Waals surface area contributed by atoms with E-state index >= 15 is 0 Å². The lowest BCUT2D eigenvalue weighted by Crippen LogP contribution is -2.04. The Hall–Kier alpha value is -1.13. The Labute approximate surface area is 103 Å². The predicted molar refractivity (Wildman–Crippen MR) is 66.8 cm³/mol. The van der Waals surface area contributed by atoms with E-state index in [1.165, 1.54) is 0 Å². The lowest BCUT2D eigenvalue weighted by molar-refractivity contribution is 0.146. The Morgan fingerprint density at radius 1 is 1.25 bits per heavy atom. The molecular formula is C12H12BrNO2. The summed E-state index contributed by atoms with van der Waals surface area (Å²) in [6.07, 6.45) is 1.78. The van der Waals surface area contributed by atoms with Crippen molar-refractivity contribution in [2.24, 2.45) is 0 Å². The van der Waals surface area contributed by atoms with E-state index < -0.39 is 0 Å². The molecule has 0 saturated carbocycles. The number of aromatic nitrogens is 1. The summed E-state index contributed by atoms with van der Waals surface area (Å²) >= 11 is 3.39. The van der Waals surface area contributed by atoms with Crippen molar-refractivity contribution >= 4 is 26.8 Å². The molecule has 0 unspecified atom stereocenters. The van der Waals surface area contributed by atoms with E-state index in [0.29, 0.717) is 13.2 Å². The summed E-state index contributed by atoms with van der Waals surface area (Å²) in [5.41, 5.74) is 0.929. The van der Waals surface area contributed by atoms with Gasteiger partial charge in [-0.15, -0.1) is 0 Å². The van der Waals surface area contributed by atoms with Crippen molar-refractivity contribution in [1.29, 1.82) is 0 Å². The van der Waals surface area contributed by atoms with Gasteiger partial charge in [0.25, 0.3) is 0 Å². The van der Waals surface area contributed by atoms with Crippen molar-refractivity contribution in [2.75, 3.05) is 20.3 Å². The smallest absolute Gasteiger partial charge is 0.121 e. The van der Waals surface area contributed by atoms with E-state index in [-0.39, 0.29) is 0 Å². The monoisotopic (exact) mass is 281 g/mol. The highest BCUT2D eigenvalue weighted by molar-refractivity contribution is 9.10. The Morgan fingerprint density at radius 3 is 2.94 bits per heavy atom. The molecule has 84 valence electrons. The van der Waals surface area contributed by atoms with Crippen LogP contribution in [0.2, 0.25) is 0 Å². The summed E-state index contributed by atoms with van der Waals surface area (Å²) in [4.78, 5) is 4.31. The van der Waals surface area contributed by atoms with Gasteiger partial charge in [0.2, 0.25) is 0 Å². The number of rotatable bonds is 4. The van der Waals surface area contributed by atoms with Crippen LogP contribution in [0.25, 0.3) is 10.9 Å². The number of halogens is 1. The van der Waals surface area contributed by atoms with E-state index in [4.69, 9.17) is 9.47 Å². The van der Waals surface area contributed by atoms with Crippen molar-refractivity contribution in [3.8, 4) is 5.75 Å². The minimum absolute atomic E-state index is 0.554. The minimum atomic E-state index is 0.554. The molecule has 2 aromatic rings. The molecule has 3 nitrogen and oxygen atoms in total. The van der Waals surface area contributed by atoms with Gasteiger partial charge in [0.15, 0.2) is 0 Å². The standard InChI is InChI=1S/C12H12BrNO2/c1-15-4-5-16-11-3-2-9-6-10(13)8-14-12(9)7-11/h2-3,6-8H,4-5H2,1H3. The summed E-state index contributed by atoms with van der Waals surface area (Å²) in [5.74, 6) is 0.819. The number of nitrogens with zero attached hydrogens (tertiary/aromatic N) is 1. The molecule has 0 amide bonds. The molecule has 0 bridgehead atoms. The van der Waals surface area contributed by atoms with Crippen molar-refractivity contribution in [2.45, 2.75) is 0 Å². The largest absolute Gasteiger partial charge is 0.491 e. The van der Waals surface area contributed by atoms with Crippen LogP contribution in [-0.2, 0) is 4.74 Å². The van der Waals surface area contributed by atoms with Gasteiger partial charge in [-0.25, -0.2) is 0 Å². The molecule has 0 aliphatic heterocycles. The van der Waals surface area contributed by atoms with Crippen molar-refractivity contribution < 1.29 is 9.47 Å². The number of ether oxygens (including phenoxy) is 2. The molecule has 16 heavy (non-hydrogen) atoms. The van der Waals surface area contributed by atoms with E-state index in [9.17, 15) is 0 Å². The SMILES string of the molecule is COCCOc1ccc2cc(Br)cnc2c1. The zero-order valence-electron chi connectivity index (χ0n) is 8.94. The number of fused-ring (bicyclic) bond motifs is 1. The second-order valence-electron chi connectivity index (χ2n) is 3.35. The van der Waals surface area contributed by atoms with Crippen molar-refractivity contribution in [3.63, 3.8) is 0 Å². The maximum atomic E-state index is 5.51. The number of pyridine rings is 1. The van der Waals surface area contributed by atoms with Crippen LogP contribution in [0.15, 0.2) is 34.9 Å². The van der Waals surface area contributed by atoms with Crippen LogP contribution in [0.5, 0.6) is 5.75 Å². The zero-order valence-corrected chi connectivity index (χ0v) is 10.5. The molecule has 1 heterocycles. The summed E-state index contributed by atoms with van der Waals surface area (Å²) in [6.45, 7) is 1.14. The molecule has 2 rings (SSSR count). The van der Waals surface area contributed by atoms with Gasteiger partial charge in [-0.1, -0.05) is 0 Å².